The first-order valence-corrected chi connectivity index (χ1v) is 9.27. The van der Waals surface area contributed by atoms with E-state index in [4.69, 9.17) is 9.47 Å². The molecule has 1 saturated heterocycles. The standard InChI is InChI=1S/C22H25NO5/c1-22(2,3)28-21(26)23-14-18(13-19(23)20(24)25)27-17-11-9-16(10-12-17)15-7-5-4-6-8-15/h4-12,18-19H,13-14H2,1-3H3,(H,24,25)/t18-,19-/m0/s1. The molecule has 6 nitrogen and oxygen atoms in total. The molecule has 1 amide bonds. The van der Waals surface area contributed by atoms with Gasteiger partial charge in [0.25, 0.3) is 0 Å². The lowest BCUT2D eigenvalue weighted by Crippen LogP contribution is -2.43. The number of hydrogen-bond donors (Lipinski definition) is 1. The Balaban J connectivity index is 1.67. The highest BCUT2D eigenvalue weighted by molar-refractivity contribution is 5.81. The van der Waals surface area contributed by atoms with Crippen LogP contribution in [0.15, 0.2) is 54.6 Å². The third-order valence-electron chi connectivity index (χ3n) is 4.44. The molecule has 0 radical (unpaired) electrons. The highest BCUT2D eigenvalue weighted by Crippen LogP contribution is 2.27. The molecule has 148 valence electrons. The van der Waals surface area contributed by atoms with Crippen LogP contribution in [-0.2, 0) is 9.53 Å². The number of carboxylic acids is 1. The van der Waals surface area contributed by atoms with Gasteiger partial charge in [-0.3, -0.25) is 4.90 Å². The highest BCUT2D eigenvalue weighted by atomic mass is 16.6. The van der Waals surface area contributed by atoms with Crippen molar-refractivity contribution in [2.75, 3.05) is 6.54 Å². The van der Waals surface area contributed by atoms with Crippen LogP contribution in [0.4, 0.5) is 4.79 Å². The molecule has 0 spiro atoms. The van der Waals surface area contributed by atoms with Gasteiger partial charge in [-0.25, -0.2) is 9.59 Å². The lowest BCUT2D eigenvalue weighted by molar-refractivity contribution is -0.142. The van der Waals surface area contributed by atoms with Crippen LogP contribution in [0.3, 0.4) is 0 Å². The van der Waals surface area contributed by atoms with Gasteiger partial charge in [0.15, 0.2) is 0 Å². The molecule has 0 bridgehead atoms. The second-order valence-corrected chi connectivity index (χ2v) is 7.85. The zero-order valence-corrected chi connectivity index (χ0v) is 16.3. The summed E-state index contributed by atoms with van der Waals surface area (Å²) >= 11 is 0. The van der Waals surface area contributed by atoms with Gasteiger partial charge in [0.1, 0.15) is 23.5 Å². The number of amides is 1. The molecule has 1 N–H and O–H groups in total. The largest absolute Gasteiger partial charge is 0.488 e. The van der Waals surface area contributed by atoms with E-state index < -0.39 is 29.8 Å². The predicted molar refractivity (Wildman–Crippen MR) is 105 cm³/mol. The van der Waals surface area contributed by atoms with Crippen LogP contribution < -0.4 is 4.74 Å². The molecular weight excluding hydrogens is 358 g/mol. The van der Waals surface area contributed by atoms with Gasteiger partial charge in [-0.15, -0.1) is 0 Å². The minimum Gasteiger partial charge on any atom is -0.488 e. The number of ether oxygens (including phenoxy) is 2. The third kappa shape index (κ3) is 4.82. The fraction of sp³-hybridized carbons (Fsp3) is 0.364. The maximum atomic E-state index is 12.4. The Morgan fingerprint density at radius 1 is 1.00 bits per heavy atom. The average molecular weight is 383 g/mol. The van der Waals surface area contributed by atoms with Crippen molar-refractivity contribution in [3.8, 4) is 16.9 Å². The topological polar surface area (TPSA) is 76.1 Å². The minimum atomic E-state index is -1.06. The zero-order chi connectivity index (χ0) is 20.3. The van der Waals surface area contributed by atoms with Gasteiger partial charge in [0.2, 0.25) is 0 Å². The molecule has 0 saturated carbocycles. The Labute approximate surface area is 164 Å². The van der Waals surface area contributed by atoms with E-state index in [2.05, 4.69) is 0 Å². The molecule has 1 heterocycles. The Kier molecular flexibility index (Phi) is 5.58. The highest BCUT2D eigenvalue weighted by Gasteiger charge is 2.42. The summed E-state index contributed by atoms with van der Waals surface area (Å²) in [6, 6.07) is 16.7. The molecule has 6 heteroatoms. The van der Waals surface area contributed by atoms with Gasteiger partial charge >= 0.3 is 12.1 Å². The van der Waals surface area contributed by atoms with Gasteiger partial charge in [0, 0.05) is 6.42 Å². The quantitative estimate of drug-likeness (QED) is 0.856. The molecular formula is C22H25NO5. The van der Waals surface area contributed by atoms with Crippen molar-refractivity contribution in [1.82, 2.24) is 4.90 Å². The van der Waals surface area contributed by atoms with E-state index >= 15 is 0 Å². The first-order chi connectivity index (χ1) is 13.2. The summed E-state index contributed by atoms with van der Waals surface area (Å²) in [5.74, 6) is -0.420. The van der Waals surface area contributed by atoms with Gasteiger partial charge in [0.05, 0.1) is 6.54 Å². The molecule has 0 unspecified atom stereocenters. The summed E-state index contributed by atoms with van der Waals surface area (Å²) in [6.45, 7) is 5.42. The molecule has 2 aromatic carbocycles. The number of likely N-dealkylation sites (tertiary alicyclic amines) is 1. The molecule has 3 rings (SSSR count). The third-order valence-corrected chi connectivity index (χ3v) is 4.44. The Hall–Kier alpha value is -3.02. The van der Waals surface area contributed by atoms with Crippen molar-refractivity contribution >= 4 is 12.1 Å². The second-order valence-electron chi connectivity index (χ2n) is 7.85. The van der Waals surface area contributed by atoms with Crippen LogP contribution in [0.25, 0.3) is 11.1 Å². The fourth-order valence-electron chi connectivity index (χ4n) is 3.19. The summed E-state index contributed by atoms with van der Waals surface area (Å²) < 4.78 is 11.3. The maximum Gasteiger partial charge on any atom is 0.411 e. The number of carbonyl (C=O) groups excluding carboxylic acids is 1. The van der Waals surface area contributed by atoms with E-state index in [9.17, 15) is 14.7 Å². The van der Waals surface area contributed by atoms with Crippen LogP contribution in [0.2, 0.25) is 0 Å². The van der Waals surface area contributed by atoms with Gasteiger partial charge in [-0.2, -0.15) is 0 Å². The fourth-order valence-corrected chi connectivity index (χ4v) is 3.19. The van der Waals surface area contributed by atoms with Crippen LogP contribution in [0.5, 0.6) is 5.75 Å². The molecule has 28 heavy (non-hydrogen) atoms. The second kappa shape index (κ2) is 7.92. The van der Waals surface area contributed by atoms with E-state index in [1.807, 2.05) is 54.6 Å². The van der Waals surface area contributed by atoms with E-state index in [-0.39, 0.29) is 13.0 Å². The summed E-state index contributed by atoms with van der Waals surface area (Å²) in [7, 11) is 0. The Bertz CT molecular complexity index is 826. The first kappa shape index (κ1) is 19.7. The molecule has 1 fully saturated rings. The van der Waals surface area contributed by atoms with Crippen LogP contribution >= 0.6 is 0 Å². The van der Waals surface area contributed by atoms with Crippen molar-refractivity contribution in [3.05, 3.63) is 54.6 Å². The van der Waals surface area contributed by atoms with Crippen molar-refractivity contribution in [2.45, 2.75) is 44.9 Å². The van der Waals surface area contributed by atoms with E-state index in [1.165, 1.54) is 4.90 Å². The normalized spacial score (nSPS) is 19.3. The maximum absolute atomic E-state index is 12.4. The molecule has 0 aliphatic carbocycles. The zero-order valence-electron chi connectivity index (χ0n) is 16.3. The number of hydrogen-bond acceptors (Lipinski definition) is 4. The number of carbonyl (C=O) groups is 2. The van der Waals surface area contributed by atoms with Crippen molar-refractivity contribution in [3.63, 3.8) is 0 Å². The Morgan fingerprint density at radius 3 is 2.18 bits per heavy atom. The number of rotatable bonds is 4. The lowest BCUT2D eigenvalue weighted by Gasteiger charge is -2.26. The van der Waals surface area contributed by atoms with E-state index in [0.29, 0.717) is 5.75 Å². The summed E-state index contributed by atoms with van der Waals surface area (Å²) in [6.07, 6.45) is -0.823. The summed E-state index contributed by atoms with van der Waals surface area (Å²) in [5, 5.41) is 9.47. The average Bonchev–Trinajstić information content (AvgIpc) is 3.06. The van der Waals surface area contributed by atoms with Gasteiger partial charge in [-0.05, 0) is 44.0 Å². The molecule has 2 aromatic rings. The van der Waals surface area contributed by atoms with Crippen molar-refractivity contribution in [2.24, 2.45) is 0 Å². The SMILES string of the molecule is CC(C)(C)OC(=O)N1C[C@@H](Oc2ccc(-c3ccccc3)cc2)C[C@H]1C(=O)O. The van der Waals surface area contributed by atoms with Crippen molar-refractivity contribution in [1.29, 1.82) is 0 Å². The number of aliphatic carboxylic acids is 1. The monoisotopic (exact) mass is 383 g/mol. The molecule has 2 atom stereocenters. The van der Waals surface area contributed by atoms with E-state index in [0.717, 1.165) is 11.1 Å². The number of carboxylic acid groups (broad SMARTS) is 1. The number of benzene rings is 2. The first-order valence-electron chi connectivity index (χ1n) is 9.27. The van der Waals surface area contributed by atoms with E-state index in [1.54, 1.807) is 20.8 Å². The molecule has 0 aromatic heterocycles. The van der Waals surface area contributed by atoms with Gasteiger partial charge < -0.3 is 14.6 Å². The van der Waals surface area contributed by atoms with Crippen LogP contribution in [0, 0.1) is 0 Å². The Morgan fingerprint density at radius 2 is 1.61 bits per heavy atom. The smallest absolute Gasteiger partial charge is 0.411 e. The summed E-state index contributed by atoms with van der Waals surface area (Å²) in [4.78, 5) is 25.2. The number of nitrogens with zero attached hydrogens (tertiary/aromatic N) is 1. The molecule has 1 aliphatic heterocycles. The predicted octanol–water partition coefficient (Wildman–Crippen LogP) is 4.20. The van der Waals surface area contributed by atoms with Gasteiger partial charge in [-0.1, -0.05) is 42.5 Å². The van der Waals surface area contributed by atoms with Crippen LogP contribution in [0.1, 0.15) is 27.2 Å². The lowest BCUT2D eigenvalue weighted by atomic mass is 10.1. The van der Waals surface area contributed by atoms with Crippen LogP contribution in [-0.4, -0.2) is 46.4 Å². The summed E-state index contributed by atoms with van der Waals surface area (Å²) in [5.41, 5.74) is 1.49. The molecule has 1 aliphatic rings. The minimum absolute atomic E-state index is 0.173. The van der Waals surface area contributed by atoms with Crippen molar-refractivity contribution < 1.29 is 24.2 Å².